The Hall–Kier alpha value is -3.64. The van der Waals surface area contributed by atoms with Crippen molar-refractivity contribution < 1.29 is 19.8 Å². The number of carboxylic acid groups (broad SMARTS) is 1. The van der Waals surface area contributed by atoms with E-state index in [1.165, 1.54) is 16.7 Å². The van der Waals surface area contributed by atoms with E-state index in [-0.39, 0.29) is 31.2 Å². The van der Waals surface area contributed by atoms with Crippen LogP contribution in [0, 0.1) is 5.41 Å². The molecule has 2 atom stereocenters. The van der Waals surface area contributed by atoms with Gasteiger partial charge in [0.1, 0.15) is 0 Å². The van der Waals surface area contributed by atoms with Crippen molar-refractivity contribution in [2.24, 2.45) is 5.41 Å². The largest absolute Gasteiger partial charge is 0.465 e. The van der Waals surface area contributed by atoms with Crippen LogP contribution < -0.4 is 5.56 Å². The van der Waals surface area contributed by atoms with Crippen LogP contribution in [0.15, 0.2) is 58.7 Å². The number of amides is 3. The predicted molar refractivity (Wildman–Crippen MR) is 159 cm³/mol. The fourth-order valence-electron chi connectivity index (χ4n) is 7.15. The van der Waals surface area contributed by atoms with Gasteiger partial charge in [0.2, 0.25) is 0 Å². The van der Waals surface area contributed by atoms with Crippen molar-refractivity contribution in [2.75, 3.05) is 39.0 Å². The number of carbonyl (C=O) groups excluding carboxylic acids is 1. The molecule has 2 aliphatic heterocycles. The van der Waals surface area contributed by atoms with Crippen LogP contribution >= 0.6 is 11.8 Å². The number of piperidine rings is 1. The molecule has 1 aromatic carbocycles. The maximum Gasteiger partial charge on any atom is 0.407 e. The first-order valence-electron chi connectivity index (χ1n) is 14.4. The van der Waals surface area contributed by atoms with E-state index >= 15 is 0 Å². The molecule has 3 amide bonds. The van der Waals surface area contributed by atoms with Crippen LogP contribution in [0.25, 0.3) is 10.9 Å². The summed E-state index contributed by atoms with van der Waals surface area (Å²) in [5.74, 6) is 0. The van der Waals surface area contributed by atoms with Crippen molar-refractivity contribution in [1.29, 1.82) is 0 Å². The molecule has 1 saturated carbocycles. The molecule has 3 aromatic rings. The SMILES string of the molecule is CSc1ncc2c(=O)n(C[C@]3(O)CCN(C(=O)N4CCN(C(=O)O)C[C@H]4c4ccccc4)CC34CCCC4)ccc2n1. The van der Waals surface area contributed by atoms with E-state index in [0.717, 1.165) is 31.2 Å². The van der Waals surface area contributed by atoms with E-state index in [0.29, 0.717) is 42.1 Å². The number of rotatable bonds is 4. The highest BCUT2D eigenvalue weighted by molar-refractivity contribution is 7.98. The molecule has 3 aliphatic rings. The van der Waals surface area contributed by atoms with Gasteiger partial charge in [-0.1, -0.05) is 54.9 Å². The molecule has 0 bridgehead atoms. The maximum absolute atomic E-state index is 14.1. The first-order chi connectivity index (χ1) is 20.2. The van der Waals surface area contributed by atoms with Gasteiger partial charge in [-0.15, -0.1) is 0 Å². The highest BCUT2D eigenvalue weighted by atomic mass is 32.2. The average Bonchev–Trinajstić information content (AvgIpc) is 3.49. The number of hydrogen-bond donors (Lipinski definition) is 2. The Morgan fingerprint density at radius 1 is 1.05 bits per heavy atom. The second kappa shape index (κ2) is 11.2. The summed E-state index contributed by atoms with van der Waals surface area (Å²) >= 11 is 1.41. The summed E-state index contributed by atoms with van der Waals surface area (Å²) in [7, 11) is 0. The summed E-state index contributed by atoms with van der Waals surface area (Å²) in [6.07, 6.45) is 7.93. The lowest BCUT2D eigenvalue weighted by atomic mass is 9.66. The van der Waals surface area contributed by atoms with Gasteiger partial charge in [-0.25, -0.2) is 19.6 Å². The lowest BCUT2D eigenvalue weighted by molar-refractivity contribution is -0.137. The third-order valence-corrected chi connectivity index (χ3v) is 10.1. The molecule has 0 radical (unpaired) electrons. The number of fused-ring (bicyclic) bond motifs is 1. The zero-order valence-electron chi connectivity index (χ0n) is 23.7. The van der Waals surface area contributed by atoms with Crippen molar-refractivity contribution in [3.05, 3.63) is 64.7 Å². The van der Waals surface area contributed by atoms with E-state index in [1.54, 1.807) is 27.9 Å². The molecule has 0 unspecified atom stereocenters. The zero-order chi connectivity index (χ0) is 29.5. The van der Waals surface area contributed by atoms with Crippen molar-refractivity contribution in [3.8, 4) is 0 Å². The molecule has 1 spiro atoms. The number of aliphatic hydroxyl groups is 1. The summed E-state index contributed by atoms with van der Waals surface area (Å²) in [6.45, 7) is 1.64. The lowest BCUT2D eigenvalue weighted by Gasteiger charge is -2.53. The van der Waals surface area contributed by atoms with E-state index in [4.69, 9.17) is 0 Å². The number of likely N-dealkylation sites (tertiary alicyclic amines) is 1. The first-order valence-corrected chi connectivity index (χ1v) is 15.7. The molecule has 6 rings (SSSR count). The molecule has 2 aromatic heterocycles. The third-order valence-electron chi connectivity index (χ3n) is 9.50. The molecule has 4 heterocycles. The molecule has 222 valence electrons. The smallest absolute Gasteiger partial charge is 0.407 e. The molecule has 11 nitrogen and oxygen atoms in total. The van der Waals surface area contributed by atoms with Crippen LogP contribution in [-0.2, 0) is 6.54 Å². The van der Waals surface area contributed by atoms with Crippen LogP contribution in [0.1, 0.15) is 43.7 Å². The Morgan fingerprint density at radius 3 is 2.52 bits per heavy atom. The number of benzene rings is 1. The Kier molecular flexibility index (Phi) is 7.61. The van der Waals surface area contributed by atoms with Crippen molar-refractivity contribution in [1.82, 2.24) is 29.2 Å². The Bertz CT molecular complexity index is 1540. The van der Waals surface area contributed by atoms with Gasteiger partial charge in [0.15, 0.2) is 5.16 Å². The number of piperazine rings is 1. The maximum atomic E-state index is 14.1. The molecule has 2 N–H and O–H groups in total. The minimum absolute atomic E-state index is 0.133. The van der Waals surface area contributed by atoms with Crippen molar-refractivity contribution >= 4 is 34.8 Å². The monoisotopic (exact) mass is 592 g/mol. The number of urea groups is 1. The minimum atomic E-state index is -1.17. The van der Waals surface area contributed by atoms with E-state index in [1.807, 2.05) is 41.5 Å². The van der Waals surface area contributed by atoms with Gasteiger partial charge in [-0.2, -0.15) is 0 Å². The summed E-state index contributed by atoms with van der Waals surface area (Å²) in [4.78, 5) is 53.0. The number of carbonyl (C=O) groups is 2. The van der Waals surface area contributed by atoms with Crippen LogP contribution in [0.2, 0.25) is 0 Å². The van der Waals surface area contributed by atoms with Gasteiger partial charge in [0.25, 0.3) is 5.56 Å². The second-order valence-corrected chi connectivity index (χ2v) is 12.5. The van der Waals surface area contributed by atoms with E-state index in [2.05, 4.69) is 9.97 Å². The average molecular weight is 593 g/mol. The van der Waals surface area contributed by atoms with Gasteiger partial charge >= 0.3 is 12.1 Å². The molecule has 42 heavy (non-hydrogen) atoms. The molecule has 3 fully saturated rings. The highest BCUT2D eigenvalue weighted by Gasteiger charge is 2.56. The van der Waals surface area contributed by atoms with Crippen molar-refractivity contribution in [2.45, 2.75) is 55.4 Å². The van der Waals surface area contributed by atoms with Gasteiger partial charge in [-0.05, 0) is 37.1 Å². The third kappa shape index (κ3) is 5.00. The molecule has 12 heteroatoms. The molecule has 1 aliphatic carbocycles. The van der Waals surface area contributed by atoms with Crippen LogP contribution in [-0.4, -0.2) is 96.2 Å². The number of thioether (sulfide) groups is 1. The molecular weight excluding hydrogens is 556 g/mol. The fourth-order valence-corrected chi connectivity index (χ4v) is 7.49. The van der Waals surface area contributed by atoms with Crippen LogP contribution in [0.4, 0.5) is 9.59 Å². The highest BCUT2D eigenvalue weighted by Crippen LogP contribution is 2.52. The van der Waals surface area contributed by atoms with Crippen LogP contribution in [0.3, 0.4) is 0 Å². The van der Waals surface area contributed by atoms with Gasteiger partial charge < -0.3 is 29.5 Å². The fraction of sp³-hybridized carbons (Fsp3) is 0.500. The standard InChI is InChI=1S/C30H36N6O5S/c1-42-26-31-17-22-23(32-26)9-13-34(25(22)37)20-30(41)12-14-35(19-29(30)10-5-6-11-29)27(38)36-16-15-33(28(39)40)18-24(36)21-7-3-2-4-8-21/h2-4,7-9,13,17,24,41H,5-6,10-12,14-16,18-20H2,1H3,(H,39,40)/t24-,30+/m0/s1. The Labute approximate surface area is 248 Å². The minimum Gasteiger partial charge on any atom is -0.465 e. The normalized spacial score (nSPS) is 24.0. The number of hydrogen-bond acceptors (Lipinski definition) is 7. The summed E-state index contributed by atoms with van der Waals surface area (Å²) in [5, 5.41) is 22.9. The number of aromatic nitrogens is 3. The summed E-state index contributed by atoms with van der Waals surface area (Å²) < 4.78 is 1.57. The van der Waals surface area contributed by atoms with Crippen LogP contribution in [0.5, 0.6) is 0 Å². The quantitative estimate of drug-likeness (QED) is 0.347. The molecular formula is C30H36N6O5S. The predicted octanol–water partition coefficient (Wildman–Crippen LogP) is 3.67. The lowest BCUT2D eigenvalue weighted by Crippen LogP contribution is -2.64. The first kappa shape index (κ1) is 28.5. The summed E-state index contributed by atoms with van der Waals surface area (Å²) in [6, 6.07) is 10.8. The Morgan fingerprint density at radius 2 is 1.81 bits per heavy atom. The van der Waals surface area contributed by atoms with Gasteiger partial charge in [-0.3, -0.25) is 4.79 Å². The number of nitrogens with zero attached hydrogens (tertiary/aromatic N) is 6. The topological polar surface area (TPSA) is 132 Å². The van der Waals surface area contributed by atoms with E-state index < -0.39 is 23.2 Å². The summed E-state index contributed by atoms with van der Waals surface area (Å²) in [5.41, 5.74) is -0.472. The number of pyridine rings is 1. The zero-order valence-corrected chi connectivity index (χ0v) is 24.5. The van der Waals surface area contributed by atoms with E-state index in [9.17, 15) is 24.6 Å². The van der Waals surface area contributed by atoms with Gasteiger partial charge in [0.05, 0.1) is 29.1 Å². The molecule has 2 saturated heterocycles. The second-order valence-electron chi connectivity index (χ2n) is 11.7. The van der Waals surface area contributed by atoms with Gasteiger partial charge in [0, 0.05) is 50.5 Å². The van der Waals surface area contributed by atoms with Crippen molar-refractivity contribution in [3.63, 3.8) is 0 Å². The Balaban J connectivity index is 1.26.